The van der Waals surface area contributed by atoms with Crippen molar-refractivity contribution in [2.45, 2.75) is 12.5 Å². The number of carbonyl (C=O) groups is 1. The first kappa shape index (κ1) is 9.96. The van der Waals surface area contributed by atoms with Gasteiger partial charge in [0.05, 0.1) is 11.6 Å². The Bertz CT molecular complexity index is 394. The number of halogens is 1. The molecule has 1 saturated carbocycles. The second-order valence-corrected chi connectivity index (χ2v) is 3.81. The number of benzene rings is 1. The van der Waals surface area contributed by atoms with E-state index in [1.54, 1.807) is 30.1 Å². The van der Waals surface area contributed by atoms with Crippen LogP contribution < -0.4 is 4.90 Å². The molecule has 2 atom stereocenters. The number of hydrogen-bond donors (Lipinski definition) is 1. The molecular weight excluding hydrogens is 197 g/mol. The van der Waals surface area contributed by atoms with Gasteiger partial charge in [-0.2, -0.15) is 0 Å². The highest BCUT2D eigenvalue weighted by Gasteiger charge is 2.46. The predicted molar refractivity (Wildman–Crippen MR) is 54.3 cm³/mol. The molecule has 1 fully saturated rings. The Morgan fingerprint density at radius 1 is 1.53 bits per heavy atom. The Morgan fingerprint density at radius 3 is 2.73 bits per heavy atom. The molecule has 0 saturated heterocycles. The standard InChI is InChI=1S/C11H12FNO2/c1-13(10-6-7(10)11(14)15)9-5-3-2-4-8(9)12/h2-5,7,10H,6H2,1H3,(H,14,15). The highest BCUT2D eigenvalue weighted by molar-refractivity contribution is 5.76. The Morgan fingerprint density at radius 2 is 2.20 bits per heavy atom. The molecule has 2 unspecified atom stereocenters. The van der Waals surface area contributed by atoms with Gasteiger partial charge in [-0.1, -0.05) is 12.1 Å². The van der Waals surface area contributed by atoms with E-state index >= 15 is 0 Å². The Labute approximate surface area is 87.1 Å². The number of anilines is 1. The maximum atomic E-state index is 13.4. The van der Waals surface area contributed by atoms with E-state index < -0.39 is 5.97 Å². The molecule has 1 aromatic rings. The highest BCUT2D eigenvalue weighted by Crippen LogP contribution is 2.38. The van der Waals surface area contributed by atoms with Gasteiger partial charge in [-0.15, -0.1) is 0 Å². The van der Waals surface area contributed by atoms with Crippen molar-refractivity contribution in [3.05, 3.63) is 30.1 Å². The molecule has 1 aliphatic carbocycles. The summed E-state index contributed by atoms with van der Waals surface area (Å²) in [6.45, 7) is 0. The van der Waals surface area contributed by atoms with E-state index in [0.29, 0.717) is 12.1 Å². The molecule has 1 aliphatic rings. The first-order valence-electron chi connectivity index (χ1n) is 4.81. The average molecular weight is 209 g/mol. The summed E-state index contributed by atoms with van der Waals surface area (Å²) in [6, 6.07) is 6.33. The minimum Gasteiger partial charge on any atom is -0.481 e. The number of hydrogen-bond acceptors (Lipinski definition) is 2. The molecule has 1 aromatic carbocycles. The zero-order valence-corrected chi connectivity index (χ0v) is 8.35. The lowest BCUT2D eigenvalue weighted by molar-refractivity contribution is -0.138. The van der Waals surface area contributed by atoms with E-state index in [-0.39, 0.29) is 17.8 Å². The lowest BCUT2D eigenvalue weighted by Crippen LogP contribution is -2.24. The van der Waals surface area contributed by atoms with Gasteiger partial charge in [0.15, 0.2) is 0 Å². The van der Waals surface area contributed by atoms with Crippen molar-refractivity contribution < 1.29 is 14.3 Å². The van der Waals surface area contributed by atoms with Crippen molar-refractivity contribution in [3.63, 3.8) is 0 Å². The fraction of sp³-hybridized carbons (Fsp3) is 0.364. The van der Waals surface area contributed by atoms with Crippen molar-refractivity contribution in [2.75, 3.05) is 11.9 Å². The van der Waals surface area contributed by atoms with Crippen LogP contribution in [0.1, 0.15) is 6.42 Å². The van der Waals surface area contributed by atoms with Gasteiger partial charge < -0.3 is 10.0 Å². The minimum atomic E-state index is -0.803. The molecule has 1 N–H and O–H groups in total. The number of carboxylic acid groups (broad SMARTS) is 1. The van der Waals surface area contributed by atoms with Gasteiger partial charge in [0.1, 0.15) is 5.82 Å². The van der Waals surface area contributed by atoms with Crippen LogP contribution in [0.5, 0.6) is 0 Å². The summed E-state index contributed by atoms with van der Waals surface area (Å²) in [7, 11) is 1.73. The topological polar surface area (TPSA) is 40.5 Å². The molecule has 0 heterocycles. The summed E-state index contributed by atoms with van der Waals surface area (Å²) in [4.78, 5) is 12.4. The SMILES string of the molecule is CN(c1ccccc1F)C1CC1C(=O)O. The molecule has 0 spiro atoms. The smallest absolute Gasteiger partial charge is 0.308 e. The summed E-state index contributed by atoms with van der Waals surface area (Å²) in [5.41, 5.74) is 0.464. The second-order valence-electron chi connectivity index (χ2n) is 3.81. The lowest BCUT2D eigenvalue weighted by atomic mass is 10.2. The second kappa shape index (κ2) is 3.53. The fourth-order valence-corrected chi connectivity index (χ4v) is 1.79. The predicted octanol–water partition coefficient (Wildman–Crippen LogP) is 1.73. The summed E-state index contributed by atoms with van der Waals surface area (Å²) >= 11 is 0. The van der Waals surface area contributed by atoms with Crippen molar-refractivity contribution in [3.8, 4) is 0 Å². The maximum Gasteiger partial charge on any atom is 0.308 e. The summed E-state index contributed by atoms with van der Waals surface area (Å²) in [6.07, 6.45) is 0.597. The van der Waals surface area contributed by atoms with Crippen LogP contribution >= 0.6 is 0 Å². The molecule has 2 rings (SSSR count). The van der Waals surface area contributed by atoms with Crippen molar-refractivity contribution in [1.82, 2.24) is 0 Å². The quantitative estimate of drug-likeness (QED) is 0.824. The molecule has 0 amide bonds. The molecule has 3 nitrogen and oxygen atoms in total. The third kappa shape index (κ3) is 1.79. The van der Waals surface area contributed by atoms with Gasteiger partial charge in [-0.3, -0.25) is 4.79 Å². The van der Waals surface area contributed by atoms with Crippen molar-refractivity contribution in [1.29, 1.82) is 0 Å². The van der Waals surface area contributed by atoms with E-state index in [4.69, 9.17) is 5.11 Å². The molecule has 0 radical (unpaired) electrons. The van der Waals surface area contributed by atoms with Crippen molar-refractivity contribution >= 4 is 11.7 Å². The monoisotopic (exact) mass is 209 g/mol. The van der Waals surface area contributed by atoms with Crippen LogP contribution in [0.4, 0.5) is 10.1 Å². The van der Waals surface area contributed by atoms with Crippen LogP contribution in [0, 0.1) is 11.7 Å². The minimum absolute atomic E-state index is 0.0700. The van der Waals surface area contributed by atoms with Gasteiger partial charge in [0.25, 0.3) is 0 Å². The molecule has 15 heavy (non-hydrogen) atoms. The van der Waals surface area contributed by atoms with Crippen molar-refractivity contribution in [2.24, 2.45) is 5.92 Å². The van der Waals surface area contributed by atoms with Gasteiger partial charge in [0.2, 0.25) is 0 Å². The molecule has 4 heteroatoms. The summed E-state index contributed by atoms with van der Waals surface area (Å²) in [5, 5.41) is 8.77. The van der Waals surface area contributed by atoms with Crippen LogP contribution in [0.2, 0.25) is 0 Å². The third-order valence-electron chi connectivity index (χ3n) is 2.80. The molecule has 0 aromatic heterocycles. The lowest BCUT2D eigenvalue weighted by Gasteiger charge is -2.19. The van der Waals surface area contributed by atoms with E-state index in [9.17, 15) is 9.18 Å². The first-order valence-corrected chi connectivity index (χ1v) is 4.81. The third-order valence-corrected chi connectivity index (χ3v) is 2.80. The number of para-hydroxylation sites is 1. The average Bonchev–Trinajstić information content (AvgIpc) is 2.97. The summed E-state index contributed by atoms with van der Waals surface area (Å²) < 4.78 is 13.4. The maximum absolute atomic E-state index is 13.4. The van der Waals surface area contributed by atoms with E-state index in [1.807, 2.05) is 0 Å². The van der Waals surface area contributed by atoms with Gasteiger partial charge in [-0.05, 0) is 18.6 Å². The zero-order valence-electron chi connectivity index (χ0n) is 8.35. The van der Waals surface area contributed by atoms with Gasteiger partial charge in [-0.25, -0.2) is 4.39 Å². The van der Waals surface area contributed by atoms with Gasteiger partial charge in [0, 0.05) is 13.1 Å². The highest BCUT2D eigenvalue weighted by atomic mass is 19.1. The normalized spacial score (nSPS) is 23.6. The molecule has 0 aliphatic heterocycles. The molecule has 80 valence electrons. The largest absolute Gasteiger partial charge is 0.481 e. The molecule has 0 bridgehead atoms. The van der Waals surface area contributed by atoms with Crippen LogP contribution in [0.25, 0.3) is 0 Å². The number of nitrogens with zero attached hydrogens (tertiary/aromatic N) is 1. The number of aliphatic carboxylic acids is 1. The van der Waals surface area contributed by atoms with Crippen LogP contribution in [-0.4, -0.2) is 24.2 Å². The molecular formula is C11H12FNO2. The van der Waals surface area contributed by atoms with E-state index in [0.717, 1.165) is 0 Å². The Kier molecular flexibility index (Phi) is 2.34. The fourth-order valence-electron chi connectivity index (χ4n) is 1.79. The number of carboxylic acids is 1. The zero-order chi connectivity index (χ0) is 11.0. The van der Waals surface area contributed by atoms with Crippen LogP contribution in [-0.2, 0) is 4.79 Å². The Hall–Kier alpha value is -1.58. The Balaban J connectivity index is 2.13. The van der Waals surface area contributed by atoms with Gasteiger partial charge >= 0.3 is 5.97 Å². The van der Waals surface area contributed by atoms with E-state index in [1.165, 1.54) is 6.07 Å². The van der Waals surface area contributed by atoms with Crippen LogP contribution in [0.3, 0.4) is 0 Å². The first-order chi connectivity index (χ1) is 7.11. The number of rotatable bonds is 3. The van der Waals surface area contributed by atoms with E-state index in [2.05, 4.69) is 0 Å². The summed E-state index contributed by atoms with van der Waals surface area (Å²) in [5.74, 6) is -1.46. The van der Waals surface area contributed by atoms with Crippen LogP contribution in [0.15, 0.2) is 24.3 Å².